The topological polar surface area (TPSA) is 15.3 Å². The molecule has 1 saturated carbocycles. The highest BCUT2D eigenvalue weighted by Gasteiger charge is 2.17. The van der Waals surface area contributed by atoms with Gasteiger partial charge in [-0.05, 0) is 44.6 Å². The second-order valence-corrected chi connectivity index (χ2v) is 6.19. The second kappa shape index (κ2) is 8.10. The van der Waals surface area contributed by atoms with Gasteiger partial charge in [-0.2, -0.15) is 0 Å². The number of hydrogen-bond donors (Lipinski definition) is 1. The van der Waals surface area contributed by atoms with Crippen LogP contribution in [0.5, 0.6) is 0 Å². The van der Waals surface area contributed by atoms with Crippen molar-refractivity contribution < 1.29 is 0 Å². The minimum atomic E-state index is 0.795. The van der Waals surface area contributed by atoms with Crippen molar-refractivity contribution in [1.29, 1.82) is 0 Å². The van der Waals surface area contributed by atoms with Crippen molar-refractivity contribution in [1.82, 2.24) is 10.2 Å². The van der Waals surface area contributed by atoms with Crippen LogP contribution in [0.25, 0.3) is 0 Å². The van der Waals surface area contributed by atoms with E-state index in [9.17, 15) is 0 Å². The first-order valence-corrected chi connectivity index (χ1v) is 7.53. The molecule has 1 fully saturated rings. The van der Waals surface area contributed by atoms with Gasteiger partial charge in [-0.15, -0.1) is 0 Å². The van der Waals surface area contributed by atoms with Crippen LogP contribution in [0.1, 0.15) is 52.9 Å². The summed E-state index contributed by atoms with van der Waals surface area (Å²) in [5.74, 6) is 1.79. The molecule has 102 valence electrons. The molecule has 0 aliphatic heterocycles. The maximum atomic E-state index is 3.72. The molecule has 0 aromatic carbocycles. The first kappa shape index (κ1) is 15.0. The Balaban J connectivity index is 2.03. The second-order valence-electron chi connectivity index (χ2n) is 6.19. The molecule has 2 nitrogen and oxygen atoms in total. The van der Waals surface area contributed by atoms with Gasteiger partial charge >= 0.3 is 0 Å². The zero-order chi connectivity index (χ0) is 12.7. The van der Waals surface area contributed by atoms with Crippen LogP contribution < -0.4 is 5.32 Å². The van der Waals surface area contributed by atoms with E-state index in [-0.39, 0.29) is 0 Å². The molecule has 0 heterocycles. The highest BCUT2D eigenvalue weighted by Crippen LogP contribution is 2.23. The third-order valence-corrected chi connectivity index (χ3v) is 4.26. The third-order valence-electron chi connectivity index (χ3n) is 4.26. The highest BCUT2D eigenvalue weighted by molar-refractivity contribution is 4.75. The van der Waals surface area contributed by atoms with Crippen molar-refractivity contribution in [2.45, 2.75) is 58.9 Å². The number of hydrogen-bond acceptors (Lipinski definition) is 2. The fourth-order valence-electron chi connectivity index (χ4n) is 2.68. The Morgan fingerprint density at radius 3 is 2.47 bits per heavy atom. The average Bonchev–Trinajstić information content (AvgIpc) is 2.31. The summed E-state index contributed by atoms with van der Waals surface area (Å²) in [5.41, 5.74) is 0. The molecule has 17 heavy (non-hydrogen) atoms. The van der Waals surface area contributed by atoms with Gasteiger partial charge in [0.05, 0.1) is 0 Å². The monoisotopic (exact) mass is 240 g/mol. The zero-order valence-corrected chi connectivity index (χ0v) is 12.3. The lowest BCUT2D eigenvalue weighted by molar-refractivity contribution is 0.260. The van der Waals surface area contributed by atoms with Crippen molar-refractivity contribution in [2.24, 2.45) is 11.8 Å². The van der Waals surface area contributed by atoms with Gasteiger partial charge in [0.1, 0.15) is 0 Å². The quantitative estimate of drug-likeness (QED) is 0.735. The van der Waals surface area contributed by atoms with Crippen LogP contribution in [0.4, 0.5) is 0 Å². The Morgan fingerprint density at radius 2 is 1.88 bits per heavy atom. The lowest BCUT2D eigenvalue weighted by atomic mass is 9.87. The molecule has 1 N–H and O–H groups in total. The summed E-state index contributed by atoms with van der Waals surface area (Å²) in [7, 11) is 2.25. The molecule has 0 radical (unpaired) electrons. The fraction of sp³-hybridized carbons (Fsp3) is 1.00. The first-order chi connectivity index (χ1) is 8.11. The molecular formula is C15H32N2. The molecule has 1 rings (SSSR count). The lowest BCUT2D eigenvalue weighted by Gasteiger charge is -2.28. The molecule has 1 aliphatic carbocycles. The van der Waals surface area contributed by atoms with E-state index in [4.69, 9.17) is 0 Å². The van der Waals surface area contributed by atoms with E-state index < -0.39 is 0 Å². The largest absolute Gasteiger partial charge is 0.313 e. The Hall–Kier alpha value is -0.0800. The predicted octanol–water partition coefficient (Wildman–Crippen LogP) is 3.13. The number of rotatable bonds is 7. The van der Waals surface area contributed by atoms with Crippen LogP contribution in [-0.4, -0.2) is 37.6 Å². The summed E-state index contributed by atoms with van der Waals surface area (Å²) < 4.78 is 0. The van der Waals surface area contributed by atoms with Crippen LogP contribution in [0.2, 0.25) is 0 Å². The summed E-state index contributed by atoms with van der Waals surface area (Å²) in [6.07, 6.45) is 6.89. The molecule has 0 aromatic heterocycles. The smallest absolute Gasteiger partial charge is 0.0104 e. The van der Waals surface area contributed by atoms with Crippen molar-refractivity contribution in [3.8, 4) is 0 Å². The van der Waals surface area contributed by atoms with Crippen LogP contribution >= 0.6 is 0 Å². The van der Waals surface area contributed by atoms with Gasteiger partial charge in [0, 0.05) is 25.7 Å². The van der Waals surface area contributed by atoms with E-state index in [1.54, 1.807) is 0 Å². The maximum Gasteiger partial charge on any atom is 0.0104 e. The molecule has 1 aliphatic rings. The zero-order valence-electron chi connectivity index (χ0n) is 12.3. The molecule has 0 bridgehead atoms. The minimum absolute atomic E-state index is 0.795. The van der Waals surface area contributed by atoms with Crippen molar-refractivity contribution in [3.63, 3.8) is 0 Å². The summed E-state index contributed by atoms with van der Waals surface area (Å²) in [6, 6.07) is 0.795. The number of nitrogens with one attached hydrogen (secondary N) is 1. The highest BCUT2D eigenvalue weighted by atomic mass is 15.1. The fourth-order valence-corrected chi connectivity index (χ4v) is 2.68. The SMILES string of the molecule is CCC(C)CN(C)CCNC1CCC(C)CC1. The molecule has 0 aromatic rings. The molecule has 1 unspecified atom stereocenters. The van der Waals surface area contributed by atoms with Crippen LogP contribution in [0.3, 0.4) is 0 Å². The van der Waals surface area contributed by atoms with E-state index >= 15 is 0 Å². The Labute approximate surface area is 108 Å². The first-order valence-electron chi connectivity index (χ1n) is 7.53. The summed E-state index contributed by atoms with van der Waals surface area (Å²) in [6.45, 7) is 10.6. The maximum absolute atomic E-state index is 3.72. The molecule has 1 atom stereocenters. The summed E-state index contributed by atoms with van der Waals surface area (Å²) >= 11 is 0. The predicted molar refractivity (Wildman–Crippen MR) is 76.4 cm³/mol. The third kappa shape index (κ3) is 6.42. The molecule has 0 saturated heterocycles. The Kier molecular flexibility index (Phi) is 7.14. The van der Waals surface area contributed by atoms with Crippen molar-refractivity contribution in [3.05, 3.63) is 0 Å². The number of likely N-dealkylation sites (N-methyl/N-ethyl adjacent to an activating group) is 1. The van der Waals surface area contributed by atoms with Gasteiger partial charge < -0.3 is 10.2 Å². The molecule has 0 amide bonds. The normalized spacial score (nSPS) is 27.4. The molecule has 0 spiro atoms. The Bertz CT molecular complexity index is 185. The number of nitrogens with zero attached hydrogens (tertiary/aromatic N) is 1. The van der Waals surface area contributed by atoms with E-state index in [0.29, 0.717) is 0 Å². The van der Waals surface area contributed by atoms with E-state index in [1.807, 2.05) is 0 Å². The van der Waals surface area contributed by atoms with Crippen LogP contribution in [-0.2, 0) is 0 Å². The van der Waals surface area contributed by atoms with E-state index in [0.717, 1.165) is 24.4 Å². The van der Waals surface area contributed by atoms with E-state index in [1.165, 1.54) is 45.2 Å². The van der Waals surface area contributed by atoms with Crippen molar-refractivity contribution >= 4 is 0 Å². The van der Waals surface area contributed by atoms with Gasteiger partial charge in [0.2, 0.25) is 0 Å². The van der Waals surface area contributed by atoms with Gasteiger partial charge in [-0.1, -0.05) is 27.2 Å². The van der Waals surface area contributed by atoms with Crippen LogP contribution in [0.15, 0.2) is 0 Å². The molecular weight excluding hydrogens is 208 g/mol. The van der Waals surface area contributed by atoms with Crippen LogP contribution in [0, 0.1) is 11.8 Å². The van der Waals surface area contributed by atoms with Gasteiger partial charge in [-0.25, -0.2) is 0 Å². The van der Waals surface area contributed by atoms with E-state index in [2.05, 4.69) is 38.0 Å². The van der Waals surface area contributed by atoms with Gasteiger partial charge in [0.15, 0.2) is 0 Å². The average molecular weight is 240 g/mol. The Morgan fingerprint density at radius 1 is 1.24 bits per heavy atom. The van der Waals surface area contributed by atoms with Gasteiger partial charge in [-0.3, -0.25) is 0 Å². The minimum Gasteiger partial charge on any atom is -0.313 e. The standard InChI is InChI=1S/C15H32N2/c1-5-13(2)12-17(4)11-10-16-15-8-6-14(3)7-9-15/h13-16H,5-12H2,1-4H3. The summed E-state index contributed by atoms with van der Waals surface area (Å²) in [5, 5.41) is 3.72. The van der Waals surface area contributed by atoms with Crippen molar-refractivity contribution in [2.75, 3.05) is 26.7 Å². The van der Waals surface area contributed by atoms with Gasteiger partial charge in [0.25, 0.3) is 0 Å². The summed E-state index contributed by atoms with van der Waals surface area (Å²) in [4.78, 5) is 2.46. The molecule has 2 heteroatoms. The lowest BCUT2D eigenvalue weighted by Crippen LogP contribution is -2.38.